The monoisotopic (exact) mass is 283 g/mol. The highest BCUT2D eigenvalue weighted by molar-refractivity contribution is 6.06. The number of nitrogen functional groups attached to an aromatic ring is 1. The van der Waals surface area contributed by atoms with Gasteiger partial charge in [-0.15, -0.1) is 10.2 Å². The number of pyridine rings is 1. The van der Waals surface area contributed by atoms with Gasteiger partial charge in [0.15, 0.2) is 5.82 Å². The molecule has 1 aromatic carbocycles. The number of hydrogen-bond acceptors (Lipinski definition) is 6. The van der Waals surface area contributed by atoms with Crippen LogP contribution in [-0.4, -0.2) is 31.5 Å². The number of benzene rings is 1. The Balaban J connectivity index is 1.94. The van der Waals surface area contributed by atoms with Gasteiger partial charge in [0.25, 0.3) is 5.91 Å². The highest BCUT2D eigenvalue weighted by Crippen LogP contribution is 2.20. The van der Waals surface area contributed by atoms with Gasteiger partial charge >= 0.3 is 0 Å². The van der Waals surface area contributed by atoms with Crippen LogP contribution in [0, 0.1) is 0 Å². The molecule has 106 valence electrons. The number of H-pyrrole nitrogens is 1. The molecule has 0 bridgehead atoms. The van der Waals surface area contributed by atoms with Crippen LogP contribution in [0.2, 0.25) is 0 Å². The van der Waals surface area contributed by atoms with E-state index in [1.54, 1.807) is 13.0 Å². The highest BCUT2D eigenvalue weighted by atomic mass is 16.1. The zero-order valence-electron chi connectivity index (χ0n) is 11.2. The molecule has 8 nitrogen and oxygen atoms in total. The number of hydrogen-bond donors (Lipinski definition) is 3. The first kappa shape index (κ1) is 13.0. The van der Waals surface area contributed by atoms with Gasteiger partial charge in [0.05, 0.1) is 17.1 Å². The molecule has 4 N–H and O–H groups in total. The molecule has 0 aliphatic rings. The third-order valence-corrected chi connectivity index (χ3v) is 3.08. The van der Waals surface area contributed by atoms with Crippen molar-refractivity contribution >= 4 is 22.6 Å². The molecule has 3 aromatic rings. The third-order valence-electron chi connectivity index (χ3n) is 3.08. The summed E-state index contributed by atoms with van der Waals surface area (Å²) < 4.78 is 0. The molecular weight excluding hydrogens is 270 g/mol. The Morgan fingerprint density at radius 1 is 1.38 bits per heavy atom. The summed E-state index contributed by atoms with van der Waals surface area (Å²) in [6.45, 7) is 1.77. The number of carbonyl (C=O) groups excluding carboxylic acids is 1. The minimum atomic E-state index is -0.371. The fraction of sp³-hybridized carbons (Fsp3) is 0.154. The molecule has 2 heterocycles. The van der Waals surface area contributed by atoms with Crippen LogP contribution in [0.1, 0.15) is 29.1 Å². The summed E-state index contributed by atoms with van der Waals surface area (Å²) in [5.74, 6) is 0.443. The molecule has 0 aliphatic heterocycles. The van der Waals surface area contributed by atoms with Crippen molar-refractivity contribution in [1.29, 1.82) is 0 Å². The van der Waals surface area contributed by atoms with E-state index in [1.807, 2.05) is 24.3 Å². The van der Waals surface area contributed by atoms with E-state index >= 15 is 0 Å². The second-order valence-corrected chi connectivity index (χ2v) is 4.58. The lowest BCUT2D eigenvalue weighted by atomic mass is 10.1. The molecule has 0 saturated heterocycles. The van der Waals surface area contributed by atoms with E-state index in [1.165, 1.54) is 0 Å². The van der Waals surface area contributed by atoms with E-state index in [0.717, 1.165) is 5.39 Å². The summed E-state index contributed by atoms with van der Waals surface area (Å²) in [4.78, 5) is 16.6. The molecular formula is C13H13N7O. The van der Waals surface area contributed by atoms with E-state index in [0.29, 0.717) is 22.7 Å². The predicted molar refractivity (Wildman–Crippen MR) is 76.2 cm³/mol. The first-order valence-corrected chi connectivity index (χ1v) is 6.34. The second-order valence-electron chi connectivity index (χ2n) is 4.58. The van der Waals surface area contributed by atoms with Crippen LogP contribution >= 0.6 is 0 Å². The smallest absolute Gasteiger partial charge is 0.252 e. The lowest BCUT2D eigenvalue weighted by Gasteiger charge is -2.12. The summed E-state index contributed by atoms with van der Waals surface area (Å²) in [7, 11) is 0. The lowest BCUT2D eigenvalue weighted by molar-refractivity contribution is 0.0940. The largest absolute Gasteiger partial charge is 0.384 e. The van der Waals surface area contributed by atoms with Gasteiger partial charge in [-0.05, 0) is 19.1 Å². The summed E-state index contributed by atoms with van der Waals surface area (Å²) in [6.07, 6.45) is 0. The van der Waals surface area contributed by atoms with E-state index in [2.05, 4.69) is 30.9 Å². The number of aromatic nitrogens is 5. The fourth-order valence-electron chi connectivity index (χ4n) is 2.08. The standard InChI is InChI=1S/C13H13N7O/c1-7(12-17-19-20-18-12)15-13(21)9-6-11(14)16-10-5-3-2-4-8(9)10/h2-7H,1H3,(H2,14,16)(H,15,21)(H,17,18,19,20). The first-order valence-electron chi connectivity index (χ1n) is 6.34. The van der Waals surface area contributed by atoms with E-state index in [9.17, 15) is 4.79 Å². The van der Waals surface area contributed by atoms with Crippen LogP contribution in [-0.2, 0) is 0 Å². The Morgan fingerprint density at radius 2 is 2.19 bits per heavy atom. The minimum Gasteiger partial charge on any atom is -0.384 e. The molecule has 0 saturated carbocycles. The van der Waals surface area contributed by atoms with Gasteiger partial charge in [0.1, 0.15) is 5.82 Å². The van der Waals surface area contributed by atoms with Gasteiger partial charge in [-0.25, -0.2) is 4.98 Å². The van der Waals surface area contributed by atoms with Gasteiger partial charge in [-0.2, -0.15) is 5.21 Å². The van der Waals surface area contributed by atoms with Crippen LogP contribution < -0.4 is 11.1 Å². The molecule has 8 heteroatoms. The maximum absolute atomic E-state index is 12.4. The number of nitrogens with two attached hydrogens (primary N) is 1. The SMILES string of the molecule is CC(NC(=O)c1cc(N)nc2ccccc12)c1nn[nH]n1. The summed E-state index contributed by atoms with van der Waals surface area (Å²) in [6, 6.07) is 8.52. The number of carbonyl (C=O) groups is 1. The number of para-hydroxylation sites is 1. The summed E-state index contributed by atoms with van der Waals surface area (Å²) >= 11 is 0. The Labute approximate surface area is 119 Å². The Kier molecular flexibility index (Phi) is 3.19. The molecule has 21 heavy (non-hydrogen) atoms. The average molecular weight is 283 g/mol. The van der Waals surface area contributed by atoms with Gasteiger partial charge in [-0.3, -0.25) is 4.79 Å². The van der Waals surface area contributed by atoms with Crippen LogP contribution in [0.15, 0.2) is 30.3 Å². The van der Waals surface area contributed by atoms with Gasteiger partial charge in [0, 0.05) is 5.39 Å². The number of aromatic amines is 1. The molecule has 0 fully saturated rings. The van der Waals surface area contributed by atoms with Crippen LogP contribution in [0.5, 0.6) is 0 Å². The van der Waals surface area contributed by atoms with Crippen LogP contribution in [0.4, 0.5) is 5.82 Å². The fourth-order valence-corrected chi connectivity index (χ4v) is 2.08. The molecule has 0 spiro atoms. The zero-order chi connectivity index (χ0) is 14.8. The molecule has 2 aromatic heterocycles. The third kappa shape index (κ3) is 2.50. The lowest BCUT2D eigenvalue weighted by Crippen LogP contribution is -2.27. The van der Waals surface area contributed by atoms with Crippen molar-refractivity contribution in [1.82, 2.24) is 30.9 Å². The first-order chi connectivity index (χ1) is 10.1. The van der Waals surface area contributed by atoms with Crippen molar-refractivity contribution in [2.75, 3.05) is 5.73 Å². The van der Waals surface area contributed by atoms with Gasteiger partial charge < -0.3 is 11.1 Å². The number of anilines is 1. The number of nitrogens with zero attached hydrogens (tertiary/aromatic N) is 4. The van der Waals surface area contributed by atoms with Gasteiger partial charge in [0.2, 0.25) is 0 Å². The highest BCUT2D eigenvalue weighted by Gasteiger charge is 2.17. The average Bonchev–Trinajstić information content (AvgIpc) is 3.00. The van der Waals surface area contributed by atoms with Crippen molar-refractivity contribution in [3.05, 3.63) is 41.7 Å². The van der Waals surface area contributed by atoms with Crippen molar-refractivity contribution in [2.24, 2.45) is 0 Å². The molecule has 1 atom stereocenters. The van der Waals surface area contributed by atoms with Crippen LogP contribution in [0.25, 0.3) is 10.9 Å². The Morgan fingerprint density at radius 3 is 2.95 bits per heavy atom. The van der Waals surface area contributed by atoms with E-state index < -0.39 is 0 Å². The number of amides is 1. The van der Waals surface area contributed by atoms with Crippen LogP contribution in [0.3, 0.4) is 0 Å². The topological polar surface area (TPSA) is 122 Å². The quantitative estimate of drug-likeness (QED) is 0.654. The predicted octanol–water partition coefficient (Wildman–Crippen LogP) is 0.821. The molecule has 3 rings (SSSR count). The molecule has 1 amide bonds. The van der Waals surface area contributed by atoms with Crippen molar-refractivity contribution in [3.8, 4) is 0 Å². The summed E-state index contributed by atoms with van der Waals surface area (Å²) in [5, 5.41) is 17.1. The normalized spacial score (nSPS) is 12.2. The van der Waals surface area contributed by atoms with E-state index in [4.69, 9.17) is 5.73 Å². The Bertz CT molecular complexity index is 784. The Hall–Kier alpha value is -3.03. The van der Waals surface area contributed by atoms with Gasteiger partial charge in [-0.1, -0.05) is 23.4 Å². The van der Waals surface area contributed by atoms with E-state index in [-0.39, 0.29) is 11.9 Å². The number of fused-ring (bicyclic) bond motifs is 1. The second kappa shape index (κ2) is 5.16. The minimum absolute atomic E-state index is 0.266. The maximum atomic E-state index is 12.4. The number of nitrogens with one attached hydrogen (secondary N) is 2. The number of tetrazole rings is 1. The number of rotatable bonds is 3. The summed E-state index contributed by atoms with van der Waals surface area (Å²) in [5.41, 5.74) is 6.90. The molecule has 0 aliphatic carbocycles. The molecule has 1 unspecified atom stereocenters. The zero-order valence-corrected chi connectivity index (χ0v) is 11.2. The van der Waals surface area contributed by atoms with Crippen molar-refractivity contribution < 1.29 is 4.79 Å². The van der Waals surface area contributed by atoms with Crippen molar-refractivity contribution in [3.63, 3.8) is 0 Å². The molecule has 0 radical (unpaired) electrons. The van der Waals surface area contributed by atoms with Crippen molar-refractivity contribution in [2.45, 2.75) is 13.0 Å². The maximum Gasteiger partial charge on any atom is 0.252 e.